The van der Waals surface area contributed by atoms with E-state index in [1.807, 2.05) is 0 Å². The molecule has 0 radical (unpaired) electrons. The first-order valence-electron chi connectivity index (χ1n) is 4.54. The molecule has 1 aromatic rings. The fraction of sp³-hybridized carbons (Fsp3) is 0. The van der Waals surface area contributed by atoms with Gasteiger partial charge in [-0.3, -0.25) is 4.79 Å². The summed E-state index contributed by atoms with van der Waals surface area (Å²) in [5.74, 6) is -0.850. The zero-order valence-electron chi connectivity index (χ0n) is 8.36. The molecule has 6 heteroatoms. The number of nitriles is 1. The SMILES string of the molecule is N#Cc1cc(/C=C2\SC(=S)NC2=O)ccc1F. The van der Waals surface area contributed by atoms with Gasteiger partial charge in [-0.1, -0.05) is 30.0 Å². The highest BCUT2D eigenvalue weighted by Crippen LogP contribution is 2.26. The second-order valence-corrected chi connectivity index (χ2v) is 4.92. The van der Waals surface area contributed by atoms with Crippen molar-refractivity contribution in [2.75, 3.05) is 0 Å². The summed E-state index contributed by atoms with van der Waals surface area (Å²) in [6.45, 7) is 0. The van der Waals surface area contributed by atoms with E-state index in [0.29, 0.717) is 14.8 Å². The number of nitrogens with zero attached hydrogens (tertiary/aromatic N) is 1. The molecule has 0 spiro atoms. The maximum Gasteiger partial charge on any atom is 0.263 e. The van der Waals surface area contributed by atoms with Crippen molar-refractivity contribution < 1.29 is 9.18 Å². The minimum atomic E-state index is -0.575. The molecule has 1 heterocycles. The summed E-state index contributed by atoms with van der Waals surface area (Å²) in [5.41, 5.74) is 0.538. The molecule has 17 heavy (non-hydrogen) atoms. The Kier molecular flexibility index (Phi) is 3.22. The Morgan fingerprint density at radius 1 is 1.53 bits per heavy atom. The zero-order chi connectivity index (χ0) is 12.4. The van der Waals surface area contributed by atoms with Gasteiger partial charge in [-0.05, 0) is 23.8 Å². The van der Waals surface area contributed by atoms with Crippen LogP contribution in [0.25, 0.3) is 6.08 Å². The van der Waals surface area contributed by atoms with Crippen LogP contribution in [0, 0.1) is 17.1 Å². The molecule has 0 atom stereocenters. The largest absolute Gasteiger partial charge is 0.307 e. The fourth-order valence-electron chi connectivity index (χ4n) is 1.29. The van der Waals surface area contributed by atoms with E-state index >= 15 is 0 Å². The number of amides is 1. The number of carbonyl (C=O) groups is 1. The van der Waals surface area contributed by atoms with Gasteiger partial charge in [-0.15, -0.1) is 0 Å². The number of halogens is 1. The third-order valence-corrected chi connectivity index (χ3v) is 3.21. The van der Waals surface area contributed by atoms with Crippen molar-refractivity contribution in [3.05, 3.63) is 40.0 Å². The summed E-state index contributed by atoms with van der Waals surface area (Å²) in [7, 11) is 0. The van der Waals surface area contributed by atoms with Crippen LogP contribution in [0.4, 0.5) is 4.39 Å². The molecule has 0 aliphatic carbocycles. The minimum Gasteiger partial charge on any atom is -0.307 e. The Bertz CT molecular complexity index is 590. The first kappa shape index (κ1) is 11.8. The van der Waals surface area contributed by atoms with Crippen molar-refractivity contribution in [2.45, 2.75) is 0 Å². The molecular weight excluding hydrogens is 259 g/mol. The molecule has 0 bridgehead atoms. The molecule has 2 rings (SSSR count). The third kappa shape index (κ3) is 2.52. The number of thiocarbonyl (C=S) groups is 1. The lowest BCUT2D eigenvalue weighted by Gasteiger charge is -1.97. The van der Waals surface area contributed by atoms with E-state index in [4.69, 9.17) is 17.5 Å². The molecule has 3 nitrogen and oxygen atoms in total. The quantitative estimate of drug-likeness (QED) is 0.624. The van der Waals surface area contributed by atoms with Gasteiger partial charge in [0.15, 0.2) is 0 Å². The first-order valence-corrected chi connectivity index (χ1v) is 5.77. The van der Waals surface area contributed by atoms with Crippen LogP contribution in [0.2, 0.25) is 0 Å². The molecule has 1 saturated heterocycles. The smallest absolute Gasteiger partial charge is 0.263 e. The molecule has 1 N–H and O–H groups in total. The van der Waals surface area contributed by atoms with E-state index in [0.717, 1.165) is 11.8 Å². The van der Waals surface area contributed by atoms with E-state index in [-0.39, 0.29) is 11.5 Å². The van der Waals surface area contributed by atoms with Crippen LogP contribution in [0.3, 0.4) is 0 Å². The molecular formula is C11H5FN2OS2. The maximum atomic E-state index is 13.1. The molecule has 1 amide bonds. The standard InChI is InChI=1S/C11H5FN2OS2/c12-8-2-1-6(3-7(8)5-13)4-9-10(15)14-11(16)17-9/h1-4H,(H,14,15,16)/b9-4-. The van der Waals surface area contributed by atoms with Gasteiger partial charge in [0.1, 0.15) is 16.2 Å². The lowest BCUT2D eigenvalue weighted by molar-refractivity contribution is -0.115. The Balaban J connectivity index is 2.37. The van der Waals surface area contributed by atoms with Gasteiger partial charge in [0.05, 0.1) is 10.5 Å². The van der Waals surface area contributed by atoms with Crippen molar-refractivity contribution in [1.29, 1.82) is 5.26 Å². The Morgan fingerprint density at radius 2 is 2.29 bits per heavy atom. The van der Waals surface area contributed by atoms with Gasteiger partial charge >= 0.3 is 0 Å². The van der Waals surface area contributed by atoms with Gasteiger partial charge in [0.2, 0.25) is 0 Å². The number of thioether (sulfide) groups is 1. The predicted octanol–water partition coefficient (Wildman–Crippen LogP) is 2.19. The first-order chi connectivity index (χ1) is 8.10. The number of hydrogen-bond donors (Lipinski definition) is 1. The van der Waals surface area contributed by atoms with Crippen molar-refractivity contribution in [1.82, 2.24) is 5.32 Å². The van der Waals surface area contributed by atoms with Gasteiger partial charge in [-0.25, -0.2) is 4.39 Å². The summed E-state index contributed by atoms with van der Waals surface area (Å²) in [6.07, 6.45) is 1.57. The molecule has 0 unspecified atom stereocenters. The predicted molar refractivity (Wildman–Crippen MR) is 67.4 cm³/mol. The summed E-state index contributed by atoms with van der Waals surface area (Å²) in [5, 5.41) is 11.2. The Morgan fingerprint density at radius 3 is 2.88 bits per heavy atom. The van der Waals surface area contributed by atoms with Crippen molar-refractivity contribution in [3.63, 3.8) is 0 Å². The average molecular weight is 264 g/mol. The zero-order valence-corrected chi connectivity index (χ0v) is 9.99. The van der Waals surface area contributed by atoms with Crippen molar-refractivity contribution in [2.24, 2.45) is 0 Å². The molecule has 0 aromatic heterocycles. The Labute approximate surface area is 106 Å². The molecule has 84 valence electrons. The minimum absolute atomic E-state index is 0.0506. The number of rotatable bonds is 1. The normalized spacial score (nSPS) is 17.1. The van der Waals surface area contributed by atoms with E-state index in [1.54, 1.807) is 12.1 Å². The summed E-state index contributed by atoms with van der Waals surface area (Å²) in [6, 6.07) is 5.82. The second kappa shape index (κ2) is 4.65. The second-order valence-electron chi connectivity index (χ2n) is 3.20. The lowest BCUT2D eigenvalue weighted by atomic mass is 10.1. The van der Waals surface area contributed by atoms with Crippen molar-refractivity contribution in [3.8, 4) is 6.07 Å². The average Bonchev–Trinajstić information content (AvgIpc) is 2.60. The maximum absolute atomic E-state index is 13.1. The molecule has 1 fully saturated rings. The van der Waals surface area contributed by atoms with E-state index in [2.05, 4.69) is 5.32 Å². The van der Waals surface area contributed by atoms with Gasteiger partial charge in [0, 0.05) is 0 Å². The summed E-state index contributed by atoms with van der Waals surface area (Å²) < 4.78 is 13.5. The molecule has 1 aromatic carbocycles. The highest BCUT2D eigenvalue weighted by atomic mass is 32.2. The van der Waals surface area contributed by atoms with E-state index < -0.39 is 5.82 Å². The van der Waals surface area contributed by atoms with Gasteiger partial charge < -0.3 is 5.32 Å². The lowest BCUT2D eigenvalue weighted by Crippen LogP contribution is -2.17. The monoisotopic (exact) mass is 264 g/mol. The van der Waals surface area contributed by atoms with Crippen LogP contribution in [0.5, 0.6) is 0 Å². The van der Waals surface area contributed by atoms with Crippen LogP contribution in [0.15, 0.2) is 23.1 Å². The van der Waals surface area contributed by atoms with Gasteiger partial charge in [0.25, 0.3) is 5.91 Å². The summed E-state index contributed by atoms with van der Waals surface area (Å²) >= 11 is 5.98. The molecule has 0 saturated carbocycles. The summed E-state index contributed by atoms with van der Waals surface area (Å²) in [4.78, 5) is 11.8. The Hall–Kier alpha value is -1.71. The molecule has 1 aliphatic rings. The van der Waals surface area contributed by atoms with Crippen LogP contribution >= 0.6 is 24.0 Å². The van der Waals surface area contributed by atoms with E-state index in [9.17, 15) is 9.18 Å². The van der Waals surface area contributed by atoms with Crippen LogP contribution in [-0.4, -0.2) is 10.2 Å². The molecule has 1 aliphatic heterocycles. The highest BCUT2D eigenvalue weighted by Gasteiger charge is 2.21. The van der Waals surface area contributed by atoms with Crippen LogP contribution in [0.1, 0.15) is 11.1 Å². The topological polar surface area (TPSA) is 52.9 Å². The number of nitrogens with one attached hydrogen (secondary N) is 1. The van der Waals surface area contributed by atoms with Crippen LogP contribution < -0.4 is 5.32 Å². The third-order valence-electron chi connectivity index (χ3n) is 2.05. The highest BCUT2D eigenvalue weighted by molar-refractivity contribution is 8.26. The van der Waals surface area contributed by atoms with E-state index in [1.165, 1.54) is 18.2 Å². The van der Waals surface area contributed by atoms with Gasteiger partial charge in [-0.2, -0.15) is 5.26 Å². The van der Waals surface area contributed by atoms with Crippen LogP contribution in [-0.2, 0) is 4.79 Å². The number of benzene rings is 1. The number of hydrogen-bond acceptors (Lipinski definition) is 4. The van der Waals surface area contributed by atoms with Crippen molar-refractivity contribution >= 4 is 40.3 Å². The number of carbonyl (C=O) groups excluding carboxylic acids is 1. The fourth-order valence-corrected chi connectivity index (χ4v) is 2.34.